The lowest BCUT2D eigenvalue weighted by Crippen LogP contribution is -3.12. The molecular weight excluding hydrogens is 344 g/mol. The van der Waals surface area contributed by atoms with Gasteiger partial charge in [0.25, 0.3) is 5.91 Å². The Balaban J connectivity index is 2.26. The van der Waals surface area contributed by atoms with Crippen LogP contribution in [0.3, 0.4) is 0 Å². The van der Waals surface area contributed by atoms with Crippen LogP contribution >= 0.6 is 22.7 Å². The van der Waals surface area contributed by atoms with Gasteiger partial charge in [0.05, 0.1) is 19.7 Å². The molecule has 0 aromatic carbocycles. The highest BCUT2D eigenvalue weighted by molar-refractivity contribution is 7.17. The Morgan fingerprint density at radius 2 is 1.96 bits per heavy atom. The van der Waals surface area contributed by atoms with Gasteiger partial charge in [-0.05, 0) is 32.2 Å². The summed E-state index contributed by atoms with van der Waals surface area (Å²) in [7, 11) is 0. The zero-order valence-electron chi connectivity index (χ0n) is 14.2. The second-order valence-electron chi connectivity index (χ2n) is 5.23. The van der Waals surface area contributed by atoms with Crippen LogP contribution in [0.25, 0.3) is 10.4 Å². The van der Waals surface area contributed by atoms with E-state index < -0.39 is 5.97 Å². The van der Waals surface area contributed by atoms with Gasteiger partial charge in [0, 0.05) is 15.8 Å². The van der Waals surface area contributed by atoms with Crippen molar-refractivity contribution in [3.05, 3.63) is 28.5 Å². The lowest BCUT2D eigenvalue weighted by atomic mass is 10.1. The van der Waals surface area contributed by atoms with Crippen molar-refractivity contribution in [2.24, 2.45) is 0 Å². The number of carbonyl (C=O) groups excluding carboxylic acids is 2. The number of esters is 1. The van der Waals surface area contributed by atoms with E-state index in [-0.39, 0.29) is 5.91 Å². The highest BCUT2D eigenvalue weighted by atomic mass is 32.1. The van der Waals surface area contributed by atoms with Crippen LogP contribution in [0.1, 0.15) is 31.1 Å². The van der Waals surface area contributed by atoms with Gasteiger partial charge in [-0.3, -0.25) is 4.79 Å². The van der Waals surface area contributed by atoms with Crippen LogP contribution in [-0.2, 0) is 9.53 Å². The van der Waals surface area contributed by atoms with Crippen LogP contribution in [0.4, 0.5) is 5.00 Å². The molecule has 0 fully saturated rings. The molecule has 0 saturated heterocycles. The molecular formula is C17H23N2O3S2+. The summed E-state index contributed by atoms with van der Waals surface area (Å²) in [6, 6.07) is 3.90. The van der Waals surface area contributed by atoms with Crippen LogP contribution < -0.4 is 10.2 Å². The first kappa shape index (κ1) is 18.6. The number of carbonyl (C=O) groups is 2. The molecule has 0 atom stereocenters. The van der Waals surface area contributed by atoms with Gasteiger partial charge in [0.2, 0.25) is 0 Å². The number of anilines is 1. The maximum absolute atomic E-state index is 12.4. The van der Waals surface area contributed by atoms with E-state index in [1.165, 1.54) is 16.2 Å². The van der Waals surface area contributed by atoms with Gasteiger partial charge >= 0.3 is 5.97 Å². The molecule has 0 spiro atoms. The Labute approximate surface area is 150 Å². The molecule has 0 saturated carbocycles. The van der Waals surface area contributed by atoms with E-state index in [4.69, 9.17) is 4.74 Å². The predicted octanol–water partition coefficient (Wildman–Crippen LogP) is 2.52. The molecule has 7 heteroatoms. The van der Waals surface area contributed by atoms with Crippen molar-refractivity contribution >= 4 is 39.6 Å². The average Bonchev–Trinajstić information content (AvgIpc) is 3.21. The van der Waals surface area contributed by atoms with E-state index in [1.807, 2.05) is 22.9 Å². The maximum Gasteiger partial charge on any atom is 0.341 e. The van der Waals surface area contributed by atoms with Gasteiger partial charge in [-0.2, -0.15) is 0 Å². The Kier molecular flexibility index (Phi) is 6.96. The Hall–Kier alpha value is -1.70. The molecule has 2 N–H and O–H groups in total. The molecule has 0 unspecified atom stereocenters. The minimum atomic E-state index is -0.396. The standard InChI is InChI=1S/C17H22N2O3S2/c1-4-19(5-2)10-14(20)18-16-15(17(21)22-6-3)12(11-24-16)13-8-7-9-23-13/h7-9,11H,4-6,10H2,1-3H3,(H,18,20)/p+1. The third-order valence-electron chi connectivity index (χ3n) is 3.72. The monoisotopic (exact) mass is 367 g/mol. The topological polar surface area (TPSA) is 59.8 Å². The molecule has 2 rings (SSSR count). The number of hydrogen-bond acceptors (Lipinski definition) is 5. The fourth-order valence-corrected chi connectivity index (χ4v) is 4.15. The molecule has 2 aromatic rings. The van der Waals surface area contributed by atoms with E-state index in [1.54, 1.807) is 18.3 Å². The molecule has 5 nitrogen and oxygen atoms in total. The Bertz CT molecular complexity index is 676. The molecule has 24 heavy (non-hydrogen) atoms. The number of likely N-dealkylation sites (N-methyl/N-ethyl adjacent to an activating group) is 1. The summed E-state index contributed by atoms with van der Waals surface area (Å²) in [4.78, 5) is 26.9. The quantitative estimate of drug-likeness (QED) is 0.705. The van der Waals surface area contributed by atoms with E-state index in [0.29, 0.717) is 23.7 Å². The first-order valence-corrected chi connectivity index (χ1v) is 9.82. The Morgan fingerprint density at radius 1 is 1.21 bits per heavy atom. The second kappa shape index (κ2) is 8.96. The minimum absolute atomic E-state index is 0.0844. The molecule has 2 heterocycles. The molecule has 0 radical (unpaired) electrons. The smallest absolute Gasteiger partial charge is 0.341 e. The van der Waals surface area contributed by atoms with Crippen molar-refractivity contribution in [1.82, 2.24) is 0 Å². The fourth-order valence-electron chi connectivity index (χ4n) is 2.37. The van der Waals surface area contributed by atoms with Crippen molar-refractivity contribution in [3.63, 3.8) is 0 Å². The summed E-state index contributed by atoms with van der Waals surface area (Å²) in [6.45, 7) is 8.35. The van der Waals surface area contributed by atoms with Crippen LogP contribution in [0.15, 0.2) is 22.9 Å². The number of ether oxygens (including phenoxy) is 1. The third-order valence-corrected chi connectivity index (χ3v) is 5.52. The number of amides is 1. The maximum atomic E-state index is 12.4. The first-order valence-electron chi connectivity index (χ1n) is 8.06. The largest absolute Gasteiger partial charge is 0.462 e. The van der Waals surface area contributed by atoms with Crippen molar-refractivity contribution in [1.29, 1.82) is 0 Å². The first-order chi connectivity index (χ1) is 11.6. The molecule has 0 aliphatic rings. The van der Waals surface area contributed by atoms with Crippen LogP contribution in [-0.4, -0.2) is 38.1 Å². The van der Waals surface area contributed by atoms with Crippen molar-refractivity contribution in [3.8, 4) is 10.4 Å². The third kappa shape index (κ3) is 4.43. The minimum Gasteiger partial charge on any atom is -0.462 e. The van der Waals surface area contributed by atoms with Crippen molar-refractivity contribution in [2.45, 2.75) is 20.8 Å². The SMILES string of the molecule is CCOC(=O)c1c(-c2cccs2)csc1NC(=O)C[NH+](CC)CC. The van der Waals surface area contributed by atoms with Crippen LogP contribution in [0.5, 0.6) is 0 Å². The second-order valence-corrected chi connectivity index (χ2v) is 7.06. The van der Waals surface area contributed by atoms with Gasteiger partial charge < -0.3 is 15.0 Å². The van der Waals surface area contributed by atoms with Crippen molar-refractivity contribution < 1.29 is 19.2 Å². The normalized spacial score (nSPS) is 10.8. The summed E-state index contributed by atoms with van der Waals surface area (Å²) in [6.07, 6.45) is 0. The molecule has 2 aromatic heterocycles. The zero-order valence-corrected chi connectivity index (χ0v) is 15.8. The van der Waals surface area contributed by atoms with Crippen LogP contribution in [0.2, 0.25) is 0 Å². The zero-order chi connectivity index (χ0) is 17.5. The van der Waals surface area contributed by atoms with E-state index in [0.717, 1.165) is 23.5 Å². The molecule has 1 amide bonds. The number of thiophene rings is 2. The summed E-state index contributed by atoms with van der Waals surface area (Å²) in [5.41, 5.74) is 1.27. The molecule has 130 valence electrons. The van der Waals surface area contributed by atoms with Gasteiger partial charge in [0.15, 0.2) is 6.54 Å². The van der Waals surface area contributed by atoms with E-state index in [2.05, 4.69) is 19.2 Å². The lowest BCUT2D eigenvalue weighted by molar-refractivity contribution is -0.888. The fraction of sp³-hybridized carbons (Fsp3) is 0.412. The van der Waals surface area contributed by atoms with E-state index in [9.17, 15) is 9.59 Å². The number of rotatable bonds is 8. The number of quaternary nitrogens is 1. The summed E-state index contributed by atoms with van der Waals surface area (Å²) >= 11 is 2.92. The van der Waals surface area contributed by atoms with Gasteiger partial charge in [-0.25, -0.2) is 4.79 Å². The van der Waals surface area contributed by atoms with Crippen LogP contribution in [0, 0.1) is 0 Å². The van der Waals surface area contributed by atoms with Gasteiger partial charge in [0.1, 0.15) is 10.6 Å². The van der Waals surface area contributed by atoms with E-state index >= 15 is 0 Å². The van der Waals surface area contributed by atoms with Gasteiger partial charge in [-0.15, -0.1) is 22.7 Å². The summed E-state index contributed by atoms with van der Waals surface area (Å²) in [5, 5.41) is 7.32. The highest BCUT2D eigenvalue weighted by Crippen LogP contribution is 2.38. The molecule has 0 aliphatic heterocycles. The highest BCUT2D eigenvalue weighted by Gasteiger charge is 2.24. The van der Waals surface area contributed by atoms with Crippen molar-refractivity contribution in [2.75, 3.05) is 31.6 Å². The summed E-state index contributed by atoms with van der Waals surface area (Å²) in [5.74, 6) is -0.480. The predicted molar refractivity (Wildman–Crippen MR) is 99.1 cm³/mol. The lowest BCUT2D eigenvalue weighted by Gasteiger charge is -2.14. The number of nitrogens with one attached hydrogen (secondary N) is 2. The Morgan fingerprint density at radius 3 is 2.54 bits per heavy atom. The molecule has 0 bridgehead atoms. The summed E-state index contributed by atoms with van der Waals surface area (Å²) < 4.78 is 5.19. The average molecular weight is 368 g/mol. The molecule has 0 aliphatic carbocycles. The number of hydrogen-bond donors (Lipinski definition) is 2. The van der Waals surface area contributed by atoms with Gasteiger partial charge in [-0.1, -0.05) is 6.07 Å².